The van der Waals surface area contributed by atoms with Crippen LogP contribution in [0.1, 0.15) is 77.5 Å². The quantitative estimate of drug-likeness (QED) is 0.292. The van der Waals surface area contributed by atoms with Gasteiger partial charge >= 0.3 is 6.18 Å². The number of nitrogens with zero attached hydrogens (tertiary/aromatic N) is 4. The Morgan fingerprint density at radius 1 is 1.19 bits per heavy atom. The predicted molar refractivity (Wildman–Crippen MR) is 158 cm³/mol. The van der Waals surface area contributed by atoms with E-state index in [9.17, 15) is 18.0 Å². The smallest absolute Gasteiger partial charge is 0.382 e. The zero-order chi connectivity index (χ0) is 30.6. The fourth-order valence-corrected chi connectivity index (χ4v) is 6.71. The Morgan fingerprint density at radius 3 is 2.56 bits per heavy atom. The molecule has 228 valence electrons. The molecule has 0 spiro atoms. The maximum Gasteiger partial charge on any atom is 0.416 e. The van der Waals surface area contributed by atoms with Gasteiger partial charge in [0.05, 0.1) is 23.6 Å². The van der Waals surface area contributed by atoms with Crippen molar-refractivity contribution in [2.75, 3.05) is 23.9 Å². The molecular formula is C32H37F3N6O2. The first-order valence-corrected chi connectivity index (χ1v) is 14.6. The van der Waals surface area contributed by atoms with E-state index in [-0.39, 0.29) is 35.9 Å². The summed E-state index contributed by atoms with van der Waals surface area (Å²) in [7, 11) is 3.56. The molecule has 0 unspecified atom stereocenters. The van der Waals surface area contributed by atoms with E-state index in [1.165, 1.54) is 11.0 Å². The molecule has 1 amide bonds. The van der Waals surface area contributed by atoms with Crippen molar-refractivity contribution in [3.8, 4) is 0 Å². The first kappa shape index (κ1) is 29.4. The van der Waals surface area contributed by atoms with Gasteiger partial charge in [0.15, 0.2) is 0 Å². The van der Waals surface area contributed by atoms with Crippen LogP contribution in [0.25, 0.3) is 0 Å². The van der Waals surface area contributed by atoms with E-state index in [1.807, 2.05) is 23.7 Å². The van der Waals surface area contributed by atoms with Crippen molar-refractivity contribution in [1.29, 1.82) is 0 Å². The third-order valence-electron chi connectivity index (χ3n) is 9.44. The van der Waals surface area contributed by atoms with Crippen LogP contribution < -0.4 is 15.5 Å². The summed E-state index contributed by atoms with van der Waals surface area (Å²) >= 11 is 0. The predicted octanol–water partition coefficient (Wildman–Crippen LogP) is 5.72. The minimum atomic E-state index is -4.59. The number of aryl methyl sites for hydroxylation is 1. The van der Waals surface area contributed by atoms with Crippen molar-refractivity contribution in [2.24, 2.45) is 7.05 Å². The summed E-state index contributed by atoms with van der Waals surface area (Å²) in [6.45, 7) is 6.44. The number of anilines is 2. The monoisotopic (exact) mass is 594 g/mol. The molecule has 2 fully saturated rings. The van der Waals surface area contributed by atoms with Gasteiger partial charge < -0.3 is 24.8 Å². The van der Waals surface area contributed by atoms with Gasteiger partial charge in [0.25, 0.3) is 5.91 Å². The highest BCUT2D eigenvalue weighted by molar-refractivity contribution is 6.10. The van der Waals surface area contributed by atoms with Crippen LogP contribution >= 0.6 is 0 Å². The maximum absolute atomic E-state index is 14.4. The zero-order valence-electron chi connectivity index (χ0n) is 24.7. The number of carbonyl (C=O) groups is 1. The number of ether oxygens (including phenoxy) is 1. The second kappa shape index (κ2) is 10.8. The van der Waals surface area contributed by atoms with Gasteiger partial charge in [0, 0.05) is 49.7 Å². The molecule has 6 rings (SSSR count). The van der Waals surface area contributed by atoms with Crippen LogP contribution in [0, 0.1) is 0 Å². The number of alkyl halides is 3. The highest BCUT2D eigenvalue weighted by Gasteiger charge is 2.51. The number of hydrogen-bond acceptors (Lipinski definition) is 6. The Bertz CT molecular complexity index is 1550. The number of benzene rings is 2. The van der Waals surface area contributed by atoms with Gasteiger partial charge in [0.2, 0.25) is 0 Å². The Hall–Kier alpha value is -3.70. The van der Waals surface area contributed by atoms with Crippen LogP contribution in [0.15, 0.2) is 49.3 Å². The summed E-state index contributed by atoms with van der Waals surface area (Å²) < 4.78 is 50.6. The molecule has 1 aliphatic heterocycles. The molecule has 2 saturated carbocycles. The van der Waals surface area contributed by atoms with Gasteiger partial charge in [-0.15, -0.1) is 16.8 Å². The summed E-state index contributed by atoms with van der Waals surface area (Å²) in [5, 5.41) is 15.2. The van der Waals surface area contributed by atoms with E-state index in [0.29, 0.717) is 30.6 Å². The lowest BCUT2D eigenvalue weighted by molar-refractivity contribution is -0.138. The molecule has 3 aromatic rings. The Balaban J connectivity index is 1.40. The largest absolute Gasteiger partial charge is 0.416 e. The first-order valence-electron chi connectivity index (χ1n) is 14.6. The van der Waals surface area contributed by atoms with Gasteiger partial charge in [-0.3, -0.25) is 4.79 Å². The lowest BCUT2D eigenvalue weighted by Crippen LogP contribution is -2.48. The SMILES string of the molecule is C=CCNc1cc(N2Cc3c(cc(CNC4(C)CCC4)cc3C(F)(F)F)C2=O)cc([C@]2(c3nncn3C)C[C@@H](OC)C2)c1. The molecule has 2 N–H and O–H groups in total. The molecule has 0 saturated heterocycles. The Labute approximate surface area is 249 Å². The molecule has 3 aliphatic rings. The molecule has 0 atom stereocenters. The fraction of sp³-hybridized carbons (Fsp3) is 0.469. The number of fused-ring (bicyclic) bond motifs is 1. The van der Waals surface area contributed by atoms with Crippen LogP contribution in [0.2, 0.25) is 0 Å². The van der Waals surface area contributed by atoms with E-state index in [4.69, 9.17) is 4.74 Å². The van der Waals surface area contributed by atoms with Crippen LogP contribution in [0.4, 0.5) is 24.5 Å². The number of carbonyl (C=O) groups excluding carboxylic acids is 1. The van der Waals surface area contributed by atoms with Gasteiger partial charge in [0.1, 0.15) is 12.2 Å². The van der Waals surface area contributed by atoms with Gasteiger partial charge in [-0.2, -0.15) is 13.2 Å². The number of rotatable bonds is 10. The maximum atomic E-state index is 14.4. The van der Waals surface area contributed by atoms with E-state index in [1.54, 1.807) is 31.6 Å². The van der Waals surface area contributed by atoms with Crippen LogP contribution in [0.5, 0.6) is 0 Å². The highest BCUT2D eigenvalue weighted by atomic mass is 19.4. The van der Waals surface area contributed by atoms with Gasteiger partial charge in [-0.05, 0) is 86.1 Å². The topological polar surface area (TPSA) is 84.3 Å². The van der Waals surface area contributed by atoms with Crippen molar-refractivity contribution >= 4 is 17.3 Å². The summed E-state index contributed by atoms with van der Waals surface area (Å²) in [6, 6.07) is 8.53. The average molecular weight is 595 g/mol. The van der Waals surface area contributed by atoms with Gasteiger partial charge in [-0.1, -0.05) is 6.08 Å². The zero-order valence-corrected chi connectivity index (χ0v) is 24.7. The lowest BCUT2D eigenvalue weighted by atomic mass is 9.61. The minimum Gasteiger partial charge on any atom is -0.382 e. The fourth-order valence-electron chi connectivity index (χ4n) is 6.71. The van der Waals surface area contributed by atoms with Crippen molar-refractivity contribution in [3.63, 3.8) is 0 Å². The average Bonchev–Trinajstić information content (AvgIpc) is 3.51. The van der Waals surface area contributed by atoms with Crippen molar-refractivity contribution < 1.29 is 22.7 Å². The molecule has 8 nitrogen and oxygen atoms in total. The van der Waals surface area contributed by atoms with Crippen molar-refractivity contribution in [3.05, 3.63) is 83.0 Å². The molecule has 0 bridgehead atoms. The Morgan fingerprint density at radius 2 is 1.95 bits per heavy atom. The summed E-state index contributed by atoms with van der Waals surface area (Å²) in [6.07, 6.45) is 3.17. The normalized spacial score (nSPS) is 22.6. The number of aromatic nitrogens is 3. The molecule has 11 heteroatoms. The Kier molecular flexibility index (Phi) is 7.37. The summed E-state index contributed by atoms with van der Waals surface area (Å²) in [5.74, 6) is 0.320. The van der Waals surface area contributed by atoms with Crippen LogP contribution in [-0.2, 0) is 36.5 Å². The molecule has 2 aliphatic carbocycles. The molecule has 0 radical (unpaired) electrons. The van der Waals surface area contributed by atoms with E-state index in [2.05, 4.69) is 34.3 Å². The van der Waals surface area contributed by atoms with Crippen molar-refractivity contribution in [1.82, 2.24) is 20.1 Å². The molecule has 43 heavy (non-hydrogen) atoms. The second-order valence-electron chi connectivity index (χ2n) is 12.4. The third-order valence-corrected chi connectivity index (χ3v) is 9.44. The summed E-state index contributed by atoms with van der Waals surface area (Å²) in [4.78, 5) is 15.4. The second-order valence-corrected chi connectivity index (χ2v) is 12.4. The lowest BCUT2D eigenvalue weighted by Gasteiger charge is -2.46. The van der Waals surface area contributed by atoms with Crippen LogP contribution in [0.3, 0.4) is 0 Å². The number of nitrogens with one attached hydrogen (secondary N) is 2. The van der Waals surface area contributed by atoms with E-state index >= 15 is 0 Å². The third kappa shape index (κ3) is 5.22. The molecule has 1 aromatic heterocycles. The summed E-state index contributed by atoms with van der Waals surface area (Å²) in [5.41, 5.74) is 1.33. The number of methoxy groups -OCH3 is 1. The molecule has 2 aromatic carbocycles. The first-order chi connectivity index (χ1) is 20.5. The minimum absolute atomic E-state index is 0.00761. The highest BCUT2D eigenvalue weighted by Crippen LogP contribution is 2.51. The molecular weight excluding hydrogens is 557 g/mol. The van der Waals surface area contributed by atoms with Crippen LogP contribution in [-0.4, -0.2) is 46.0 Å². The molecule has 2 heterocycles. The van der Waals surface area contributed by atoms with Gasteiger partial charge in [-0.25, -0.2) is 0 Å². The van der Waals surface area contributed by atoms with E-state index in [0.717, 1.165) is 36.3 Å². The standard InChI is InChI=1S/C32H37F3N6O2/c1-5-9-36-22-12-21(31(15-24(16-31)43-4)29-39-38-19-40(29)3)13-23(14-22)41-18-26-25(28(41)42)10-20(11-27(26)32(33,34)35)17-37-30(2)7-6-8-30/h5,10-14,19,24,36-37H,1,6-9,15-18H2,2-4H3/t24-,31+. The number of hydrogen-bond donors (Lipinski definition) is 2. The number of amides is 1. The van der Waals surface area contributed by atoms with E-state index < -0.39 is 23.1 Å². The van der Waals surface area contributed by atoms with Crippen molar-refractivity contribution in [2.45, 2.75) is 75.4 Å². The number of halogens is 3.